The van der Waals surface area contributed by atoms with Gasteiger partial charge in [0.25, 0.3) is 5.91 Å². The van der Waals surface area contributed by atoms with Crippen LogP contribution in [0.4, 0.5) is 13.2 Å². The van der Waals surface area contributed by atoms with Crippen LogP contribution in [0.25, 0.3) is 5.69 Å². The van der Waals surface area contributed by atoms with Crippen molar-refractivity contribution in [2.24, 2.45) is 0 Å². The van der Waals surface area contributed by atoms with Crippen molar-refractivity contribution in [2.45, 2.75) is 32.2 Å². The second kappa shape index (κ2) is 9.05. The number of hydrogen-bond donors (Lipinski definition) is 0. The summed E-state index contributed by atoms with van der Waals surface area (Å²) in [5.41, 5.74) is 2.23. The Kier molecular flexibility index (Phi) is 6.15. The van der Waals surface area contributed by atoms with Crippen LogP contribution in [0, 0.1) is 11.3 Å². The number of amides is 1. The Labute approximate surface area is 193 Å². The topological polar surface area (TPSA) is 93.3 Å². The highest BCUT2D eigenvalue weighted by molar-refractivity contribution is 6.00. The normalized spacial score (nSPS) is 14.2. The fraction of sp³-hybridized carbons (Fsp3) is 0.304. The van der Waals surface area contributed by atoms with Gasteiger partial charge in [0.1, 0.15) is 17.4 Å². The summed E-state index contributed by atoms with van der Waals surface area (Å²) in [4.78, 5) is 19.0. The maximum atomic E-state index is 13.5. The van der Waals surface area contributed by atoms with Crippen LogP contribution in [0.15, 0.2) is 42.9 Å². The van der Waals surface area contributed by atoms with E-state index in [2.05, 4.69) is 10.1 Å². The number of aromatic nitrogens is 3. The molecule has 2 aromatic heterocycles. The summed E-state index contributed by atoms with van der Waals surface area (Å²) in [6.07, 6.45) is -1.26. The van der Waals surface area contributed by atoms with Gasteiger partial charge in [-0.05, 0) is 31.2 Å². The number of halogens is 3. The molecule has 11 heteroatoms. The first kappa shape index (κ1) is 23.1. The molecule has 0 bridgehead atoms. The molecule has 0 radical (unpaired) electrons. The van der Waals surface area contributed by atoms with Gasteiger partial charge in [-0.2, -0.15) is 23.5 Å². The SMILES string of the molecule is COc1c(C#N)ccc(OC(C)C(F)(F)F)c1C(=O)N1CCc2nn(-c3ccncc3)cc2C1. The Morgan fingerprint density at radius 2 is 1.97 bits per heavy atom. The zero-order chi connectivity index (χ0) is 24.5. The summed E-state index contributed by atoms with van der Waals surface area (Å²) in [7, 11) is 1.25. The minimum absolute atomic E-state index is 0.0149. The zero-order valence-corrected chi connectivity index (χ0v) is 18.3. The molecule has 0 N–H and O–H groups in total. The number of methoxy groups -OCH3 is 1. The molecule has 176 valence electrons. The molecule has 8 nitrogen and oxygen atoms in total. The van der Waals surface area contributed by atoms with Crippen LogP contribution in [0.5, 0.6) is 11.5 Å². The minimum atomic E-state index is -4.64. The first-order valence-corrected chi connectivity index (χ1v) is 10.3. The van der Waals surface area contributed by atoms with Crippen LogP contribution in [0.1, 0.15) is 34.1 Å². The highest BCUT2D eigenvalue weighted by Crippen LogP contribution is 2.36. The van der Waals surface area contributed by atoms with Crippen LogP contribution in [-0.4, -0.2) is 51.5 Å². The zero-order valence-electron chi connectivity index (χ0n) is 18.3. The monoisotopic (exact) mass is 471 g/mol. The number of hydrogen-bond acceptors (Lipinski definition) is 6. The van der Waals surface area contributed by atoms with Crippen LogP contribution >= 0.6 is 0 Å². The molecule has 1 unspecified atom stereocenters. The van der Waals surface area contributed by atoms with E-state index >= 15 is 0 Å². The molecule has 1 aromatic carbocycles. The van der Waals surface area contributed by atoms with E-state index in [4.69, 9.17) is 9.47 Å². The standard InChI is InChI=1S/C23H20F3N5O3/c1-14(23(24,25)26)34-19-4-3-15(11-27)21(33-2)20(19)22(32)30-10-7-18-16(12-30)13-31(29-18)17-5-8-28-9-6-17/h3-6,8-9,13-14H,7,10,12H2,1-2H3. The van der Waals surface area contributed by atoms with Gasteiger partial charge in [0.15, 0.2) is 11.9 Å². The van der Waals surface area contributed by atoms with E-state index in [1.165, 1.54) is 24.1 Å². The maximum Gasteiger partial charge on any atom is 0.425 e. The van der Waals surface area contributed by atoms with Gasteiger partial charge in [0.05, 0.1) is 24.1 Å². The first-order chi connectivity index (χ1) is 16.2. The summed E-state index contributed by atoms with van der Waals surface area (Å²) in [5.74, 6) is -1.03. The van der Waals surface area contributed by atoms with Crippen molar-refractivity contribution >= 4 is 5.91 Å². The van der Waals surface area contributed by atoms with Gasteiger partial charge in [-0.3, -0.25) is 9.78 Å². The molecule has 0 saturated heterocycles. The van der Waals surface area contributed by atoms with Gasteiger partial charge in [0.2, 0.25) is 0 Å². The predicted octanol–water partition coefficient (Wildman–Crippen LogP) is 3.68. The fourth-order valence-corrected chi connectivity index (χ4v) is 3.70. The molecule has 0 fully saturated rings. The van der Waals surface area contributed by atoms with Crippen LogP contribution in [-0.2, 0) is 13.0 Å². The summed E-state index contributed by atoms with van der Waals surface area (Å²) < 4.78 is 51.5. The molecule has 0 aliphatic carbocycles. The van der Waals surface area contributed by atoms with E-state index < -0.39 is 18.2 Å². The summed E-state index contributed by atoms with van der Waals surface area (Å²) in [6, 6.07) is 7.95. The van der Waals surface area contributed by atoms with Gasteiger partial charge in [-0.15, -0.1) is 0 Å². The smallest absolute Gasteiger partial charge is 0.425 e. The minimum Gasteiger partial charge on any atom is -0.494 e. The fourth-order valence-electron chi connectivity index (χ4n) is 3.70. The molecule has 4 rings (SSSR count). The summed E-state index contributed by atoms with van der Waals surface area (Å²) in [5, 5.41) is 14.0. The first-order valence-electron chi connectivity index (χ1n) is 10.3. The van der Waals surface area contributed by atoms with Crippen molar-refractivity contribution in [3.63, 3.8) is 0 Å². The number of carbonyl (C=O) groups excluding carboxylic acids is 1. The third-order valence-electron chi connectivity index (χ3n) is 5.49. The molecular formula is C23H20F3N5O3. The van der Waals surface area contributed by atoms with E-state index in [0.717, 1.165) is 23.9 Å². The number of nitrogens with zero attached hydrogens (tertiary/aromatic N) is 5. The molecule has 3 aromatic rings. The number of nitriles is 1. The van der Waals surface area contributed by atoms with Gasteiger partial charge in [-0.25, -0.2) is 4.68 Å². The quantitative estimate of drug-likeness (QED) is 0.564. The second-order valence-electron chi connectivity index (χ2n) is 7.66. The summed E-state index contributed by atoms with van der Waals surface area (Å²) >= 11 is 0. The van der Waals surface area contributed by atoms with Crippen molar-refractivity contribution in [1.29, 1.82) is 5.26 Å². The van der Waals surface area contributed by atoms with E-state index in [1.807, 2.05) is 6.07 Å². The lowest BCUT2D eigenvalue weighted by molar-refractivity contribution is -0.189. The Morgan fingerprint density at radius 3 is 2.62 bits per heavy atom. The van der Waals surface area contributed by atoms with Crippen molar-refractivity contribution < 1.29 is 27.4 Å². The molecule has 1 amide bonds. The van der Waals surface area contributed by atoms with Gasteiger partial charge >= 0.3 is 6.18 Å². The number of fused-ring (bicyclic) bond motifs is 1. The van der Waals surface area contributed by atoms with Crippen molar-refractivity contribution in [3.8, 4) is 23.3 Å². The Balaban J connectivity index is 1.67. The number of alkyl halides is 3. The molecule has 1 aliphatic heterocycles. The lowest BCUT2D eigenvalue weighted by Gasteiger charge is -2.28. The Morgan fingerprint density at radius 1 is 1.24 bits per heavy atom. The second-order valence-corrected chi connectivity index (χ2v) is 7.66. The highest BCUT2D eigenvalue weighted by Gasteiger charge is 2.39. The third-order valence-corrected chi connectivity index (χ3v) is 5.49. The van der Waals surface area contributed by atoms with Crippen molar-refractivity contribution in [1.82, 2.24) is 19.7 Å². The average molecular weight is 471 g/mol. The number of pyridine rings is 1. The molecule has 0 saturated carbocycles. The van der Waals surface area contributed by atoms with E-state index in [9.17, 15) is 23.2 Å². The van der Waals surface area contributed by atoms with Crippen LogP contribution in [0.3, 0.4) is 0 Å². The van der Waals surface area contributed by atoms with E-state index in [1.54, 1.807) is 35.4 Å². The third kappa shape index (κ3) is 4.39. The Bertz CT molecular complexity index is 1250. The number of rotatable bonds is 5. The molecule has 34 heavy (non-hydrogen) atoms. The Hall–Kier alpha value is -4.07. The van der Waals surface area contributed by atoms with Crippen LogP contribution < -0.4 is 9.47 Å². The van der Waals surface area contributed by atoms with Crippen molar-refractivity contribution in [2.75, 3.05) is 13.7 Å². The van der Waals surface area contributed by atoms with Gasteiger partial charge in [-0.1, -0.05) is 0 Å². The van der Waals surface area contributed by atoms with Crippen molar-refractivity contribution in [3.05, 3.63) is 65.2 Å². The van der Waals surface area contributed by atoms with E-state index in [-0.39, 0.29) is 35.7 Å². The largest absolute Gasteiger partial charge is 0.494 e. The molecular weight excluding hydrogens is 451 g/mol. The lowest BCUT2D eigenvalue weighted by Crippen LogP contribution is -2.37. The number of ether oxygens (including phenoxy) is 2. The summed E-state index contributed by atoms with van der Waals surface area (Å²) in [6.45, 7) is 1.32. The molecule has 1 atom stereocenters. The lowest BCUT2D eigenvalue weighted by atomic mass is 10.0. The van der Waals surface area contributed by atoms with E-state index in [0.29, 0.717) is 6.42 Å². The predicted molar refractivity (Wildman–Crippen MR) is 114 cm³/mol. The number of carbonyl (C=O) groups is 1. The average Bonchev–Trinajstić information content (AvgIpc) is 3.26. The molecule has 3 heterocycles. The van der Waals surface area contributed by atoms with Gasteiger partial charge in [0, 0.05) is 43.7 Å². The number of benzene rings is 1. The van der Waals surface area contributed by atoms with Crippen LogP contribution in [0.2, 0.25) is 0 Å². The highest BCUT2D eigenvalue weighted by atomic mass is 19.4. The van der Waals surface area contributed by atoms with Gasteiger partial charge < -0.3 is 14.4 Å². The molecule has 1 aliphatic rings. The molecule has 0 spiro atoms. The maximum absolute atomic E-state index is 13.5.